The minimum absolute atomic E-state index is 0.103. The molecule has 0 saturated carbocycles. The van der Waals surface area contributed by atoms with E-state index in [2.05, 4.69) is 10.4 Å². The molecule has 9 nitrogen and oxygen atoms in total. The molecular weight excluding hydrogens is 280 g/mol. The third-order valence-electron chi connectivity index (χ3n) is 2.79. The highest BCUT2D eigenvalue weighted by molar-refractivity contribution is 5.75. The lowest BCUT2D eigenvalue weighted by molar-refractivity contribution is -0.385. The largest absolute Gasteiger partial charge is 0.481 e. The van der Waals surface area contributed by atoms with Gasteiger partial charge in [-0.05, 0) is 12.8 Å². The molecule has 21 heavy (non-hydrogen) atoms. The molecule has 2 N–H and O–H groups in total. The van der Waals surface area contributed by atoms with Gasteiger partial charge in [-0.1, -0.05) is 6.42 Å². The van der Waals surface area contributed by atoms with Gasteiger partial charge in [0, 0.05) is 25.9 Å². The van der Waals surface area contributed by atoms with E-state index in [0.717, 1.165) is 19.0 Å². The number of carbonyl (C=O) groups is 2. The highest BCUT2D eigenvalue weighted by Crippen LogP contribution is 2.07. The van der Waals surface area contributed by atoms with Gasteiger partial charge in [0.1, 0.15) is 12.4 Å². The van der Waals surface area contributed by atoms with Crippen LogP contribution in [-0.4, -0.2) is 38.2 Å². The van der Waals surface area contributed by atoms with E-state index >= 15 is 0 Å². The summed E-state index contributed by atoms with van der Waals surface area (Å²) in [6.07, 6.45) is 4.83. The molecule has 1 amide bonds. The Labute approximate surface area is 121 Å². The van der Waals surface area contributed by atoms with Crippen molar-refractivity contribution in [1.29, 1.82) is 0 Å². The maximum Gasteiger partial charge on any atom is 0.306 e. The number of amides is 1. The molecule has 1 heterocycles. The van der Waals surface area contributed by atoms with Gasteiger partial charge in [0.15, 0.2) is 0 Å². The third-order valence-corrected chi connectivity index (χ3v) is 2.79. The lowest BCUT2D eigenvalue weighted by Gasteiger charge is -2.04. The number of nitrogens with zero attached hydrogens (tertiary/aromatic N) is 3. The normalized spacial score (nSPS) is 10.3. The van der Waals surface area contributed by atoms with Crippen LogP contribution in [0.2, 0.25) is 0 Å². The number of rotatable bonds is 10. The molecule has 0 aliphatic rings. The monoisotopic (exact) mass is 298 g/mol. The maximum absolute atomic E-state index is 11.5. The Morgan fingerprint density at radius 3 is 2.71 bits per heavy atom. The number of aliphatic carboxylic acids is 1. The van der Waals surface area contributed by atoms with Crippen molar-refractivity contribution in [2.24, 2.45) is 0 Å². The van der Waals surface area contributed by atoms with Crippen molar-refractivity contribution in [3.8, 4) is 0 Å². The summed E-state index contributed by atoms with van der Waals surface area (Å²) < 4.78 is 1.35. The molecule has 1 rings (SSSR count). The van der Waals surface area contributed by atoms with Gasteiger partial charge in [-0.15, -0.1) is 0 Å². The molecule has 0 aromatic carbocycles. The number of aromatic nitrogens is 2. The smallest absolute Gasteiger partial charge is 0.306 e. The summed E-state index contributed by atoms with van der Waals surface area (Å²) in [7, 11) is 0. The van der Waals surface area contributed by atoms with E-state index in [0.29, 0.717) is 13.0 Å². The van der Waals surface area contributed by atoms with Crippen molar-refractivity contribution in [3.05, 3.63) is 22.5 Å². The Morgan fingerprint density at radius 1 is 1.33 bits per heavy atom. The van der Waals surface area contributed by atoms with E-state index in [4.69, 9.17) is 5.11 Å². The van der Waals surface area contributed by atoms with Crippen molar-refractivity contribution < 1.29 is 19.6 Å². The van der Waals surface area contributed by atoms with E-state index in [1.54, 1.807) is 0 Å². The Bertz CT molecular complexity index is 500. The lowest BCUT2D eigenvalue weighted by Crippen LogP contribution is -2.25. The van der Waals surface area contributed by atoms with Crippen molar-refractivity contribution in [1.82, 2.24) is 15.1 Å². The Kier molecular flexibility index (Phi) is 6.85. The van der Waals surface area contributed by atoms with Crippen molar-refractivity contribution in [2.75, 3.05) is 6.54 Å². The Balaban J connectivity index is 2.10. The number of carboxylic acid groups (broad SMARTS) is 1. The average molecular weight is 298 g/mol. The molecule has 0 fully saturated rings. The predicted molar refractivity (Wildman–Crippen MR) is 72.6 cm³/mol. The fourth-order valence-corrected chi connectivity index (χ4v) is 1.68. The minimum Gasteiger partial charge on any atom is -0.481 e. The molecule has 0 atom stereocenters. The number of aryl methyl sites for hydroxylation is 1. The highest BCUT2D eigenvalue weighted by atomic mass is 16.6. The number of nitro groups is 1. The fraction of sp³-hybridized carbons (Fsp3) is 0.583. The van der Waals surface area contributed by atoms with Crippen molar-refractivity contribution in [3.63, 3.8) is 0 Å². The molecular formula is C12H18N4O5. The predicted octanol–water partition coefficient (Wildman–Crippen LogP) is 0.943. The van der Waals surface area contributed by atoms with Crippen LogP contribution in [0.5, 0.6) is 0 Å². The van der Waals surface area contributed by atoms with E-state index < -0.39 is 10.9 Å². The molecule has 9 heteroatoms. The van der Waals surface area contributed by atoms with Crippen LogP contribution < -0.4 is 5.32 Å². The zero-order valence-electron chi connectivity index (χ0n) is 11.5. The first kappa shape index (κ1) is 16.6. The number of unbranched alkanes of at least 4 members (excludes halogenated alkanes) is 2. The van der Waals surface area contributed by atoms with Gasteiger partial charge in [-0.25, -0.2) is 0 Å². The number of carbonyl (C=O) groups excluding carboxylic acids is 1. The van der Waals surface area contributed by atoms with E-state index in [1.165, 1.54) is 10.9 Å². The minimum atomic E-state index is -0.813. The van der Waals surface area contributed by atoms with Gasteiger partial charge in [0.05, 0.1) is 4.92 Å². The molecule has 0 aliphatic heterocycles. The molecule has 0 saturated heterocycles. The topological polar surface area (TPSA) is 127 Å². The first-order chi connectivity index (χ1) is 9.99. The molecule has 116 valence electrons. The zero-order chi connectivity index (χ0) is 15.7. The van der Waals surface area contributed by atoms with Crippen molar-refractivity contribution in [2.45, 2.75) is 38.6 Å². The second kappa shape index (κ2) is 8.67. The maximum atomic E-state index is 11.5. The van der Waals surface area contributed by atoms with Gasteiger partial charge in [0.25, 0.3) is 0 Å². The summed E-state index contributed by atoms with van der Waals surface area (Å²) in [6, 6.07) is 0. The molecule has 0 bridgehead atoms. The van der Waals surface area contributed by atoms with Crippen LogP contribution in [-0.2, 0) is 16.1 Å². The Morgan fingerprint density at radius 2 is 2.10 bits per heavy atom. The summed E-state index contributed by atoms with van der Waals surface area (Å²) in [4.78, 5) is 31.7. The van der Waals surface area contributed by atoms with Gasteiger partial charge >= 0.3 is 11.7 Å². The van der Waals surface area contributed by atoms with Crippen LogP contribution in [0.15, 0.2) is 12.4 Å². The number of nitrogens with one attached hydrogen (secondary N) is 1. The van der Waals surface area contributed by atoms with Gasteiger partial charge < -0.3 is 10.4 Å². The van der Waals surface area contributed by atoms with Crippen LogP contribution in [0.3, 0.4) is 0 Å². The van der Waals surface area contributed by atoms with Crippen LogP contribution in [0, 0.1) is 10.1 Å². The summed E-state index contributed by atoms with van der Waals surface area (Å²) in [5, 5.41) is 25.4. The second-order valence-corrected chi connectivity index (χ2v) is 4.52. The summed E-state index contributed by atoms with van der Waals surface area (Å²) in [5.41, 5.74) is -0.103. The van der Waals surface area contributed by atoms with E-state index in [-0.39, 0.29) is 31.0 Å². The summed E-state index contributed by atoms with van der Waals surface area (Å²) in [6.45, 7) is 0.774. The molecule has 0 aliphatic carbocycles. The highest BCUT2D eigenvalue weighted by Gasteiger charge is 2.09. The van der Waals surface area contributed by atoms with Crippen LogP contribution in [0.25, 0.3) is 0 Å². The van der Waals surface area contributed by atoms with Crippen molar-refractivity contribution >= 4 is 17.6 Å². The molecule has 0 unspecified atom stereocenters. The second-order valence-electron chi connectivity index (χ2n) is 4.52. The third kappa shape index (κ3) is 7.04. The van der Waals surface area contributed by atoms with Gasteiger partial charge in [-0.3, -0.25) is 24.4 Å². The quantitative estimate of drug-likeness (QED) is 0.376. The van der Waals surface area contributed by atoms with Crippen LogP contribution in [0.1, 0.15) is 32.1 Å². The summed E-state index contributed by atoms with van der Waals surface area (Å²) in [5.74, 6) is -0.973. The standard InChI is InChI=1S/C12H18N4O5/c17-11(13-6-3-1-2-4-12(18)19)5-7-15-9-10(8-14-15)16(20)21/h8-9H,1-7H2,(H,13,17)(H,18,19). The Hall–Kier alpha value is -2.45. The molecule has 1 aromatic heterocycles. The number of hydrogen-bond donors (Lipinski definition) is 2. The van der Waals surface area contributed by atoms with Gasteiger partial charge in [0.2, 0.25) is 5.91 Å². The fourth-order valence-electron chi connectivity index (χ4n) is 1.68. The number of hydrogen-bond acceptors (Lipinski definition) is 5. The first-order valence-electron chi connectivity index (χ1n) is 6.64. The van der Waals surface area contributed by atoms with Gasteiger partial charge in [-0.2, -0.15) is 5.10 Å². The molecule has 0 radical (unpaired) electrons. The van der Waals surface area contributed by atoms with E-state index in [1.807, 2.05) is 0 Å². The SMILES string of the molecule is O=C(O)CCCCCNC(=O)CCn1cc([N+](=O)[O-])cn1. The first-order valence-corrected chi connectivity index (χ1v) is 6.64. The molecule has 1 aromatic rings. The molecule has 0 spiro atoms. The summed E-state index contributed by atoms with van der Waals surface area (Å²) >= 11 is 0. The zero-order valence-corrected chi connectivity index (χ0v) is 11.5. The van der Waals surface area contributed by atoms with Crippen LogP contribution >= 0.6 is 0 Å². The average Bonchev–Trinajstić information content (AvgIpc) is 2.89. The lowest BCUT2D eigenvalue weighted by atomic mass is 10.2. The van der Waals surface area contributed by atoms with E-state index in [9.17, 15) is 19.7 Å². The van der Waals surface area contributed by atoms with Crippen LogP contribution in [0.4, 0.5) is 5.69 Å². The number of carboxylic acids is 1.